The highest BCUT2D eigenvalue weighted by molar-refractivity contribution is 5.64. The summed E-state index contributed by atoms with van der Waals surface area (Å²) in [7, 11) is 1.73. The van der Waals surface area contributed by atoms with Crippen LogP contribution in [0.5, 0.6) is 0 Å². The Labute approximate surface area is 106 Å². The minimum atomic E-state index is -0.451. The third-order valence-corrected chi connectivity index (χ3v) is 2.71. The number of aliphatic hydroxyl groups excluding tert-OH is 2. The van der Waals surface area contributed by atoms with Crippen molar-refractivity contribution in [2.75, 3.05) is 18.5 Å². The van der Waals surface area contributed by atoms with Gasteiger partial charge in [-0.2, -0.15) is 0 Å². The lowest BCUT2D eigenvalue weighted by Gasteiger charge is -2.20. The first-order valence-electron chi connectivity index (χ1n) is 5.73. The summed E-state index contributed by atoms with van der Waals surface area (Å²) >= 11 is 0. The highest BCUT2D eigenvalue weighted by Crippen LogP contribution is 2.28. The number of anilines is 1. The molecule has 0 radical (unpaired) electrons. The minimum absolute atomic E-state index is 0.000271. The first kappa shape index (κ1) is 14.4. The van der Waals surface area contributed by atoms with E-state index >= 15 is 0 Å². The zero-order chi connectivity index (χ0) is 13.7. The molecule has 0 aliphatic carbocycles. The van der Waals surface area contributed by atoms with Crippen molar-refractivity contribution in [3.05, 3.63) is 33.9 Å². The molecule has 1 aromatic carbocycles. The van der Waals surface area contributed by atoms with Gasteiger partial charge in [0, 0.05) is 19.7 Å². The van der Waals surface area contributed by atoms with Crippen LogP contribution < -0.4 is 4.90 Å². The summed E-state index contributed by atoms with van der Waals surface area (Å²) in [6.07, 6.45) is 0.0734. The molecule has 1 unspecified atom stereocenters. The Bertz CT molecular complexity index is 421. The molecule has 0 fully saturated rings. The second-order valence-corrected chi connectivity index (χ2v) is 4.30. The molecule has 0 saturated heterocycles. The van der Waals surface area contributed by atoms with E-state index in [1.165, 1.54) is 12.1 Å². The molecule has 0 bridgehead atoms. The average Bonchev–Trinajstić information content (AvgIpc) is 2.34. The fraction of sp³-hybridized carbons (Fsp3) is 0.500. The third-order valence-electron chi connectivity index (χ3n) is 2.71. The zero-order valence-corrected chi connectivity index (χ0v) is 10.5. The van der Waals surface area contributed by atoms with Crippen LogP contribution >= 0.6 is 0 Å². The summed E-state index contributed by atoms with van der Waals surface area (Å²) < 4.78 is 0. The highest BCUT2D eigenvalue weighted by atomic mass is 16.6. The number of hydrogen-bond donors (Lipinski definition) is 2. The number of nitro groups is 1. The van der Waals surface area contributed by atoms with Gasteiger partial charge in [-0.15, -0.1) is 0 Å². The maximum absolute atomic E-state index is 10.9. The maximum Gasteiger partial charge on any atom is 0.292 e. The van der Waals surface area contributed by atoms with Gasteiger partial charge >= 0.3 is 0 Å². The van der Waals surface area contributed by atoms with Crippen LogP contribution in [0.4, 0.5) is 11.4 Å². The van der Waals surface area contributed by atoms with Gasteiger partial charge in [0.15, 0.2) is 0 Å². The number of rotatable bonds is 6. The SMILES string of the molecule is CC(O)CCN(C)c1cc(CO)ccc1[N+](=O)[O-]. The Morgan fingerprint density at radius 1 is 1.50 bits per heavy atom. The molecule has 0 saturated carbocycles. The molecule has 18 heavy (non-hydrogen) atoms. The summed E-state index contributed by atoms with van der Waals surface area (Å²) in [4.78, 5) is 12.2. The van der Waals surface area contributed by atoms with E-state index in [4.69, 9.17) is 5.11 Å². The molecule has 2 N–H and O–H groups in total. The summed E-state index contributed by atoms with van der Waals surface area (Å²) in [5.41, 5.74) is 1.08. The monoisotopic (exact) mass is 254 g/mol. The predicted molar refractivity (Wildman–Crippen MR) is 68.6 cm³/mol. The van der Waals surface area contributed by atoms with Gasteiger partial charge in [-0.05, 0) is 31.0 Å². The fourth-order valence-electron chi connectivity index (χ4n) is 1.63. The van der Waals surface area contributed by atoms with Gasteiger partial charge in [0.05, 0.1) is 17.6 Å². The van der Waals surface area contributed by atoms with Crippen molar-refractivity contribution in [1.82, 2.24) is 0 Å². The number of hydrogen-bond acceptors (Lipinski definition) is 5. The largest absolute Gasteiger partial charge is 0.393 e. The molecule has 0 aliphatic heterocycles. The lowest BCUT2D eigenvalue weighted by atomic mass is 10.1. The number of aliphatic hydroxyl groups is 2. The lowest BCUT2D eigenvalue weighted by Crippen LogP contribution is -2.22. The van der Waals surface area contributed by atoms with Crippen molar-refractivity contribution in [3.8, 4) is 0 Å². The van der Waals surface area contributed by atoms with Crippen molar-refractivity contribution in [1.29, 1.82) is 0 Å². The first-order valence-corrected chi connectivity index (χ1v) is 5.73. The van der Waals surface area contributed by atoms with E-state index in [1.54, 1.807) is 24.9 Å². The molecular weight excluding hydrogens is 236 g/mol. The summed E-state index contributed by atoms with van der Waals surface area (Å²) in [6.45, 7) is 2.02. The fourth-order valence-corrected chi connectivity index (χ4v) is 1.63. The summed E-state index contributed by atoms with van der Waals surface area (Å²) in [5.74, 6) is 0. The molecule has 1 atom stereocenters. The Hall–Kier alpha value is -1.66. The maximum atomic E-state index is 10.9. The zero-order valence-electron chi connectivity index (χ0n) is 10.5. The Kier molecular flexibility index (Phi) is 5.06. The Balaban J connectivity index is 2.99. The number of benzene rings is 1. The smallest absolute Gasteiger partial charge is 0.292 e. The van der Waals surface area contributed by atoms with Crippen molar-refractivity contribution in [3.63, 3.8) is 0 Å². The molecule has 0 heterocycles. The lowest BCUT2D eigenvalue weighted by molar-refractivity contribution is -0.384. The van der Waals surface area contributed by atoms with Crippen LogP contribution in [0.1, 0.15) is 18.9 Å². The van der Waals surface area contributed by atoms with Crippen LogP contribution in [0.2, 0.25) is 0 Å². The molecule has 0 aromatic heterocycles. The van der Waals surface area contributed by atoms with Crippen LogP contribution in [-0.2, 0) is 6.61 Å². The normalized spacial score (nSPS) is 12.2. The minimum Gasteiger partial charge on any atom is -0.393 e. The number of nitro benzene ring substituents is 1. The van der Waals surface area contributed by atoms with E-state index in [0.717, 1.165) is 0 Å². The van der Waals surface area contributed by atoms with E-state index in [0.29, 0.717) is 24.2 Å². The van der Waals surface area contributed by atoms with Crippen LogP contribution in [0.15, 0.2) is 18.2 Å². The van der Waals surface area contributed by atoms with Crippen molar-refractivity contribution in [2.24, 2.45) is 0 Å². The van der Waals surface area contributed by atoms with Gasteiger partial charge in [0.2, 0.25) is 0 Å². The van der Waals surface area contributed by atoms with Crippen LogP contribution in [0, 0.1) is 10.1 Å². The summed E-state index contributed by atoms with van der Waals surface area (Å²) in [6, 6.07) is 4.52. The molecule has 1 rings (SSSR count). The van der Waals surface area contributed by atoms with Crippen LogP contribution in [0.25, 0.3) is 0 Å². The van der Waals surface area contributed by atoms with E-state index in [2.05, 4.69) is 0 Å². The predicted octanol–water partition coefficient (Wildman–Crippen LogP) is 1.29. The van der Waals surface area contributed by atoms with Crippen LogP contribution in [-0.4, -0.2) is 34.8 Å². The quantitative estimate of drug-likeness (QED) is 0.590. The van der Waals surface area contributed by atoms with E-state index < -0.39 is 11.0 Å². The van der Waals surface area contributed by atoms with Gasteiger partial charge in [0.1, 0.15) is 5.69 Å². The molecule has 6 heteroatoms. The molecular formula is C12H18N2O4. The molecule has 0 amide bonds. The van der Waals surface area contributed by atoms with E-state index in [9.17, 15) is 15.2 Å². The topological polar surface area (TPSA) is 86.8 Å². The average molecular weight is 254 g/mol. The second-order valence-electron chi connectivity index (χ2n) is 4.30. The molecule has 1 aromatic rings. The molecule has 0 spiro atoms. The van der Waals surface area contributed by atoms with E-state index in [-0.39, 0.29) is 12.3 Å². The van der Waals surface area contributed by atoms with Crippen molar-refractivity contribution < 1.29 is 15.1 Å². The van der Waals surface area contributed by atoms with Gasteiger partial charge in [-0.25, -0.2) is 0 Å². The third kappa shape index (κ3) is 3.68. The number of nitrogens with zero attached hydrogens (tertiary/aromatic N) is 2. The molecule has 6 nitrogen and oxygen atoms in total. The Morgan fingerprint density at radius 2 is 2.17 bits per heavy atom. The van der Waals surface area contributed by atoms with Crippen LogP contribution in [0.3, 0.4) is 0 Å². The van der Waals surface area contributed by atoms with Gasteiger partial charge in [0.25, 0.3) is 5.69 Å². The first-order chi connectivity index (χ1) is 8.45. The van der Waals surface area contributed by atoms with E-state index in [1.807, 2.05) is 0 Å². The second kappa shape index (κ2) is 6.32. The van der Waals surface area contributed by atoms with Crippen molar-refractivity contribution >= 4 is 11.4 Å². The van der Waals surface area contributed by atoms with Gasteiger partial charge in [-0.3, -0.25) is 10.1 Å². The summed E-state index contributed by atoms with van der Waals surface area (Å²) in [5, 5.41) is 29.2. The van der Waals surface area contributed by atoms with Crippen molar-refractivity contribution in [2.45, 2.75) is 26.1 Å². The molecule has 100 valence electrons. The highest BCUT2D eigenvalue weighted by Gasteiger charge is 2.17. The standard InChI is InChI=1S/C12H18N2O4/c1-9(16)5-6-13(2)12-7-10(8-15)3-4-11(12)14(17)18/h3-4,7,9,15-16H,5-6,8H2,1-2H3. The van der Waals surface area contributed by atoms with Gasteiger partial charge < -0.3 is 15.1 Å². The van der Waals surface area contributed by atoms with Gasteiger partial charge in [-0.1, -0.05) is 0 Å². The molecule has 0 aliphatic rings. The Morgan fingerprint density at radius 3 is 2.67 bits per heavy atom.